The Morgan fingerprint density at radius 2 is 1.84 bits per heavy atom. The standard InChI is InChI=1S/C23H40O2/c1-3-25-17(2)19-8-6-18(7-9-19)10-12-24-16-23-11-4-5-20(14-23)22-13-21(22)15-23/h17-22H,3-16H2,1-2H3/t17-,18?,19?,20?,21?,22?,23?/m1/s1. The summed E-state index contributed by atoms with van der Waals surface area (Å²) in [5, 5.41) is 0. The Kier molecular flexibility index (Phi) is 5.77. The second kappa shape index (κ2) is 7.89. The van der Waals surface area contributed by atoms with Crippen LogP contribution < -0.4 is 0 Å². The van der Waals surface area contributed by atoms with Crippen LogP contribution in [0.25, 0.3) is 0 Å². The molecule has 0 aromatic carbocycles. The quantitative estimate of drug-likeness (QED) is 0.513. The maximum Gasteiger partial charge on any atom is 0.0575 e. The first-order chi connectivity index (χ1) is 12.2. The minimum atomic E-state index is 0.457. The van der Waals surface area contributed by atoms with Gasteiger partial charge in [-0.1, -0.05) is 25.7 Å². The third kappa shape index (κ3) is 4.26. The Morgan fingerprint density at radius 1 is 1.04 bits per heavy atom. The second-order valence-electron chi connectivity index (χ2n) is 10.0. The predicted molar refractivity (Wildman–Crippen MR) is 103 cm³/mol. The molecule has 144 valence electrons. The van der Waals surface area contributed by atoms with Crippen LogP contribution in [0.15, 0.2) is 0 Å². The van der Waals surface area contributed by atoms with Gasteiger partial charge < -0.3 is 9.47 Å². The lowest BCUT2D eigenvalue weighted by Gasteiger charge is -2.45. The fourth-order valence-corrected chi connectivity index (χ4v) is 6.76. The highest BCUT2D eigenvalue weighted by atomic mass is 16.5. The van der Waals surface area contributed by atoms with E-state index < -0.39 is 0 Å². The molecule has 4 rings (SSSR count). The normalized spacial score (nSPS) is 44.2. The lowest BCUT2D eigenvalue weighted by molar-refractivity contribution is -0.0297. The fraction of sp³-hybridized carbons (Fsp3) is 1.00. The highest BCUT2D eigenvalue weighted by Crippen LogP contribution is 2.63. The van der Waals surface area contributed by atoms with Gasteiger partial charge in [-0.25, -0.2) is 0 Å². The summed E-state index contributed by atoms with van der Waals surface area (Å²) in [5.74, 6) is 4.98. The van der Waals surface area contributed by atoms with E-state index in [1.54, 1.807) is 6.42 Å². The zero-order valence-corrected chi connectivity index (χ0v) is 16.7. The van der Waals surface area contributed by atoms with Gasteiger partial charge in [0, 0.05) is 13.2 Å². The smallest absolute Gasteiger partial charge is 0.0575 e. The average molecular weight is 349 g/mol. The molecule has 2 heteroatoms. The van der Waals surface area contributed by atoms with Crippen molar-refractivity contribution in [1.82, 2.24) is 0 Å². The maximum atomic E-state index is 6.31. The third-order valence-electron chi connectivity index (χ3n) is 8.32. The van der Waals surface area contributed by atoms with Gasteiger partial charge in [-0.3, -0.25) is 0 Å². The molecular weight excluding hydrogens is 308 g/mol. The van der Waals surface area contributed by atoms with Crippen molar-refractivity contribution in [2.24, 2.45) is 35.0 Å². The summed E-state index contributed by atoms with van der Waals surface area (Å²) < 4.78 is 12.1. The van der Waals surface area contributed by atoms with Crippen LogP contribution in [0.5, 0.6) is 0 Å². The van der Waals surface area contributed by atoms with Gasteiger partial charge in [0.15, 0.2) is 0 Å². The van der Waals surface area contributed by atoms with Crippen LogP contribution in [0.2, 0.25) is 0 Å². The summed E-state index contributed by atoms with van der Waals surface area (Å²) in [4.78, 5) is 0. The van der Waals surface area contributed by atoms with Crippen LogP contribution in [-0.2, 0) is 9.47 Å². The molecule has 0 aliphatic heterocycles. The molecule has 0 aromatic heterocycles. The monoisotopic (exact) mass is 348 g/mol. The Morgan fingerprint density at radius 3 is 2.64 bits per heavy atom. The molecule has 0 spiro atoms. The van der Waals surface area contributed by atoms with Crippen LogP contribution in [0.1, 0.15) is 84.5 Å². The molecule has 0 radical (unpaired) electrons. The Bertz CT molecular complexity index is 428. The van der Waals surface area contributed by atoms with E-state index in [1.165, 1.54) is 64.2 Å². The summed E-state index contributed by atoms with van der Waals surface area (Å²) in [6.07, 6.45) is 16.2. The Labute approximate surface area is 155 Å². The molecule has 2 nitrogen and oxygen atoms in total. The van der Waals surface area contributed by atoms with Crippen molar-refractivity contribution < 1.29 is 9.47 Å². The number of rotatable bonds is 8. The van der Waals surface area contributed by atoms with E-state index in [2.05, 4.69) is 13.8 Å². The molecule has 5 atom stereocenters. The van der Waals surface area contributed by atoms with E-state index in [4.69, 9.17) is 9.47 Å². The zero-order chi connectivity index (χ0) is 17.3. The van der Waals surface area contributed by atoms with Crippen LogP contribution in [-0.4, -0.2) is 25.9 Å². The largest absolute Gasteiger partial charge is 0.381 e. The second-order valence-corrected chi connectivity index (χ2v) is 10.0. The fourth-order valence-electron chi connectivity index (χ4n) is 6.76. The SMILES string of the molecule is CCO[C@H](C)C1CCC(CCOCC23CCCC(C2)C2CC2C3)CC1. The van der Waals surface area contributed by atoms with Gasteiger partial charge in [-0.15, -0.1) is 0 Å². The van der Waals surface area contributed by atoms with Gasteiger partial charge in [-0.05, 0) is 93.8 Å². The molecule has 0 aromatic rings. The molecule has 4 unspecified atom stereocenters. The summed E-state index contributed by atoms with van der Waals surface area (Å²) >= 11 is 0. The van der Waals surface area contributed by atoms with E-state index >= 15 is 0 Å². The van der Waals surface area contributed by atoms with Crippen LogP contribution in [0.3, 0.4) is 0 Å². The summed E-state index contributed by atoms with van der Waals surface area (Å²) in [6, 6.07) is 0. The molecule has 4 aliphatic carbocycles. The molecule has 25 heavy (non-hydrogen) atoms. The molecule has 0 amide bonds. The molecular formula is C23H40O2. The molecule has 4 saturated carbocycles. The maximum absolute atomic E-state index is 6.31. The highest BCUT2D eigenvalue weighted by Gasteiger charge is 2.55. The van der Waals surface area contributed by atoms with Crippen molar-refractivity contribution in [3.05, 3.63) is 0 Å². The van der Waals surface area contributed by atoms with Crippen molar-refractivity contribution in [2.45, 2.75) is 90.6 Å². The van der Waals surface area contributed by atoms with Crippen molar-refractivity contribution in [1.29, 1.82) is 0 Å². The highest BCUT2D eigenvalue weighted by molar-refractivity contribution is 5.05. The van der Waals surface area contributed by atoms with Gasteiger partial charge in [0.05, 0.1) is 12.7 Å². The van der Waals surface area contributed by atoms with Gasteiger partial charge in [0.2, 0.25) is 0 Å². The van der Waals surface area contributed by atoms with E-state index in [0.717, 1.165) is 49.4 Å². The van der Waals surface area contributed by atoms with E-state index in [1.807, 2.05) is 0 Å². The van der Waals surface area contributed by atoms with Gasteiger partial charge in [0.25, 0.3) is 0 Å². The van der Waals surface area contributed by atoms with Gasteiger partial charge in [0.1, 0.15) is 0 Å². The first kappa shape index (κ1) is 18.3. The average Bonchev–Trinajstić information content (AvgIpc) is 3.39. The molecule has 4 fully saturated rings. The lowest BCUT2D eigenvalue weighted by Crippen LogP contribution is -2.38. The van der Waals surface area contributed by atoms with Crippen molar-refractivity contribution in [2.75, 3.05) is 19.8 Å². The zero-order valence-electron chi connectivity index (χ0n) is 16.7. The van der Waals surface area contributed by atoms with E-state index in [-0.39, 0.29) is 0 Å². The Balaban J connectivity index is 1.14. The van der Waals surface area contributed by atoms with Gasteiger partial charge >= 0.3 is 0 Å². The topological polar surface area (TPSA) is 18.5 Å². The number of ether oxygens (including phenoxy) is 2. The summed E-state index contributed by atoms with van der Waals surface area (Å²) in [5.41, 5.74) is 0.588. The van der Waals surface area contributed by atoms with Crippen LogP contribution in [0, 0.1) is 35.0 Å². The first-order valence-corrected chi connectivity index (χ1v) is 11.4. The molecule has 2 bridgehead atoms. The first-order valence-electron chi connectivity index (χ1n) is 11.4. The predicted octanol–water partition coefficient (Wildman–Crippen LogP) is 5.84. The third-order valence-corrected chi connectivity index (χ3v) is 8.32. The number of hydrogen-bond acceptors (Lipinski definition) is 2. The molecule has 0 N–H and O–H groups in total. The molecule has 4 aliphatic rings. The number of hydrogen-bond donors (Lipinski definition) is 0. The van der Waals surface area contributed by atoms with Crippen molar-refractivity contribution in [3.63, 3.8) is 0 Å². The van der Waals surface area contributed by atoms with Crippen LogP contribution >= 0.6 is 0 Å². The van der Waals surface area contributed by atoms with Gasteiger partial charge in [-0.2, -0.15) is 0 Å². The molecule has 0 heterocycles. The van der Waals surface area contributed by atoms with E-state index in [9.17, 15) is 0 Å². The number of fused-ring (bicyclic) bond motifs is 4. The molecule has 0 saturated heterocycles. The summed E-state index contributed by atoms with van der Waals surface area (Å²) in [7, 11) is 0. The van der Waals surface area contributed by atoms with Crippen molar-refractivity contribution >= 4 is 0 Å². The Hall–Kier alpha value is -0.0800. The summed E-state index contributed by atoms with van der Waals surface area (Å²) in [6.45, 7) is 7.32. The minimum absolute atomic E-state index is 0.457. The van der Waals surface area contributed by atoms with Crippen LogP contribution in [0.4, 0.5) is 0 Å². The lowest BCUT2D eigenvalue weighted by atomic mass is 9.62. The van der Waals surface area contributed by atoms with E-state index in [0.29, 0.717) is 11.5 Å². The van der Waals surface area contributed by atoms with Crippen molar-refractivity contribution in [3.8, 4) is 0 Å². The minimum Gasteiger partial charge on any atom is -0.381 e.